The standard InChI is InChI=1S/C17H21N3O4/c1-12-3-2-4-13(11-12)18-16(24)20-9-7-19(8-10-20)14(21)17(5-6-17)15(22)23/h2-4,11H,5-10H2,1H3,(H,18,24)(H,22,23). The van der Waals surface area contributed by atoms with Gasteiger partial charge >= 0.3 is 12.0 Å². The molecule has 1 aliphatic heterocycles. The Morgan fingerprint density at radius 3 is 2.25 bits per heavy atom. The summed E-state index contributed by atoms with van der Waals surface area (Å²) in [4.78, 5) is 39.1. The maximum Gasteiger partial charge on any atom is 0.321 e. The van der Waals surface area contributed by atoms with Gasteiger partial charge < -0.3 is 20.2 Å². The van der Waals surface area contributed by atoms with Crippen LogP contribution in [0.4, 0.5) is 10.5 Å². The van der Waals surface area contributed by atoms with Crippen molar-refractivity contribution in [3.05, 3.63) is 29.8 Å². The average Bonchev–Trinajstić information content (AvgIpc) is 3.36. The highest BCUT2D eigenvalue weighted by atomic mass is 16.4. The number of benzene rings is 1. The van der Waals surface area contributed by atoms with E-state index < -0.39 is 11.4 Å². The second kappa shape index (κ2) is 6.14. The van der Waals surface area contributed by atoms with E-state index in [2.05, 4.69) is 5.32 Å². The first-order valence-corrected chi connectivity index (χ1v) is 8.08. The molecule has 3 rings (SSSR count). The smallest absolute Gasteiger partial charge is 0.321 e. The maximum absolute atomic E-state index is 12.4. The third kappa shape index (κ3) is 3.06. The molecule has 1 saturated carbocycles. The van der Waals surface area contributed by atoms with Crippen LogP contribution >= 0.6 is 0 Å². The van der Waals surface area contributed by atoms with Gasteiger partial charge in [-0.2, -0.15) is 0 Å². The van der Waals surface area contributed by atoms with Gasteiger partial charge in [0.05, 0.1) is 0 Å². The van der Waals surface area contributed by atoms with Gasteiger partial charge in [-0.3, -0.25) is 9.59 Å². The van der Waals surface area contributed by atoms with Crippen LogP contribution in [0.15, 0.2) is 24.3 Å². The predicted molar refractivity (Wildman–Crippen MR) is 87.7 cm³/mol. The predicted octanol–water partition coefficient (Wildman–Crippen LogP) is 1.54. The fraction of sp³-hybridized carbons (Fsp3) is 0.471. The number of urea groups is 1. The molecule has 24 heavy (non-hydrogen) atoms. The SMILES string of the molecule is Cc1cccc(NC(=O)N2CCN(C(=O)C3(C(=O)O)CC3)CC2)c1. The third-order valence-electron chi connectivity index (χ3n) is 4.69. The monoisotopic (exact) mass is 331 g/mol. The summed E-state index contributed by atoms with van der Waals surface area (Å²) in [6.07, 6.45) is 0.824. The van der Waals surface area contributed by atoms with Gasteiger partial charge in [0.25, 0.3) is 0 Å². The zero-order chi connectivity index (χ0) is 17.3. The van der Waals surface area contributed by atoms with Crippen molar-refractivity contribution in [2.24, 2.45) is 5.41 Å². The van der Waals surface area contributed by atoms with Crippen molar-refractivity contribution >= 4 is 23.6 Å². The molecule has 0 spiro atoms. The first-order chi connectivity index (χ1) is 11.4. The number of piperazine rings is 1. The lowest BCUT2D eigenvalue weighted by molar-refractivity contribution is -0.154. The minimum absolute atomic E-state index is 0.202. The molecule has 128 valence electrons. The molecule has 0 bridgehead atoms. The Hall–Kier alpha value is -2.57. The minimum atomic E-state index is -1.20. The molecule has 1 aliphatic carbocycles. The maximum atomic E-state index is 12.4. The number of nitrogens with zero attached hydrogens (tertiary/aromatic N) is 2. The summed E-state index contributed by atoms with van der Waals surface area (Å²) in [7, 11) is 0. The zero-order valence-electron chi connectivity index (χ0n) is 13.6. The second-order valence-electron chi connectivity index (χ2n) is 6.47. The number of nitrogens with one attached hydrogen (secondary N) is 1. The normalized spacial score (nSPS) is 18.9. The van der Waals surface area contributed by atoms with Crippen LogP contribution in [0.2, 0.25) is 0 Å². The number of amides is 3. The summed E-state index contributed by atoms with van der Waals surface area (Å²) >= 11 is 0. The van der Waals surface area contributed by atoms with Crippen molar-refractivity contribution in [3.8, 4) is 0 Å². The van der Waals surface area contributed by atoms with Gasteiger partial charge in [-0.05, 0) is 37.5 Å². The van der Waals surface area contributed by atoms with Crippen molar-refractivity contribution < 1.29 is 19.5 Å². The minimum Gasteiger partial charge on any atom is -0.480 e. The number of aryl methyl sites for hydroxylation is 1. The van der Waals surface area contributed by atoms with Crippen molar-refractivity contribution in [1.82, 2.24) is 9.80 Å². The van der Waals surface area contributed by atoms with Crippen LogP contribution in [-0.4, -0.2) is 59.0 Å². The van der Waals surface area contributed by atoms with E-state index in [-0.39, 0.29) is 11.9 Å². The number of anilines is 1. The van der Waals surface area contributed by atoms with Crippen molar-refractivity contribution in [2.45, 2.75) is 19.8 Å². The average molecular weight is 331 g/mol. The zero-order valence-corrected chi connectivity index (χ0v) is 13.6. The highest BCUT2D eigenvalue weighted by Crippen LogP contribution is 2.47. The van der Waals surface area contributed by atoms with E-state index in [4.69, 9.17) is 0 Å². The first kappa shape index (κ1) is 16.3. The highest BCUT2D eigenvalue weighted by Gasteiger charge is 2.58. The summed E-state index contributed by atoms with van der Waals surface area (Å²) < 4.78 is 0. The number of aliphatic carboxylic acids is 1. The lowest BCUT2D eigenvalue weighted by Crippen LogP contribution is -2.54. The highest BCUT2D eigenvalue weighted by molar-refractivity contribution is 6.05. The Kier molecular flexibility index (Phi) is 4.17. The molecule has 1 aromatic rings. The van der Waals surface area contributed by atoms with Crippen LogP contribution in [0.3, 0.4) is 0 Å². The Morgan fingerprint density at radius 1 is 1.08 bits per heavy atom. The Labute approximate surface area is 140 Å². The van der Waals surface area contributed by atoms with E-state index in [0.29, 0.717) is 39.0 Å². The molecule has 7 heteroatoms. The number of carbonyl (C=O) groups excluding carboxylic acids is 2. The van der Waals surface area contributed by atoms with Crippen molar-refractivity contribution in [3.63, 3.8) is 0 Å². The van der Waals surface area contributed by atoms with E-state index >= 15 is 0 Å². The summed E-state index contributed by atoms with van der Waals surface area (Å²) in [6.45, 7) is 3.50. The Balaban J connectivity index is 1.54. The largest absolute Gasteiger partial charge is 0.480 e. The number of carboxylic acids is 1. The van der Waals surface area contributed by atoms with Crippen molar-refractivity contribution in [1.29, 1.82) is 0 Å². The molecule has 0 radical (unpaired) electrons. The summed E-state index contributed by atoms with van der Waals surface area (Å²) in [5, 5.41) is 12.1. The van der Waals surface area contributed by atoms with Gasteiger partial charge in [0.15, 0.2) is 0 Å². The summed E-state index contributed by atoms with van der Waals surface area (Å²) in [6, 6.07) is 7.35. The molecule has 0 atom stereocenters. The molecular formula is C17H21N3O4. The number of rotatable bonds is 3. The number of carboxylic acid groups (broad SMARTS) is 1. The topological polar surface area (TPSA) is 90.0 Å². The molecule has 1 heterocycles. The van der Waals surface area contributed by atoms with E-state index in [1.54, 1.807) is 9.80 Å². The number of hydrogen-bond donors (Lipinski definition) is 2. The Morgan fingerprint density at radius 2 is 1.71 bits per heavy atom. The second-order valence-corrected chi connectivity index (χ2v) is 6.47. The van der Waals surface area contributed by atoms with Gasteiger partial charge in [-0.15, -0.1) is 0 Å². The van der Waals surface area contributed by atoms with E-state index in [1.165, 1.54) is 0 Å². The number of hydrogen-bond acceptors (Lipinski definition) is 3. The Bertz CT molecular complexity index is 676. The summed E-state index contributed by atoms with van der Waals surface area (Å²) in [5.41, 5.74) is 0.597. The fourth-order valence-corrected chi connectivity index (χ4v) is 2.98. The van der Waals surface area contributed by atoms with Crippen LogP contribution in [0.1, 0.15) is 18.4 Å². The van der Waals surface area contributed by atoms with Gasteiger partial charge in [-0.1, -0.05) is 12.1 Å². The molecule has 1 saturated heterocycles. The van der Waals surface area contributed by atoms with E-state index in [9.17, 15) is 19.5 Å². The molecule has 2 fully saturated rings. The molecule has 2 aliphatic rings. The molecule has 2 N–H and O–H groups in total. The van der Waals surface area contributed by atoms with E-state index in [1.807, 2.05) is 31.2 Å². The van der Waals surface area contributed by atoms with Crippen LogP contribution in [0, 0.1) is 12.3 Å². The van der Waals surface area contributed by atoms with Gasteiger partial charge in [0.1, 0.15) is 5.41 Å². The fourth-order valence-electron chi connectivity index (χ4n) is 2.98. The molecule has 0 unspecified atom stereocenters. The van der Waals surface area contributed by atoms with Gasteiger partial charge in [0.2, 0.25) is 5.91 Å². The molecule has 0 aromatic heterocycles. The van der Waals surface area contributed by atoms with Crippen molar-refractivity contribution in [2.75, 3.05) is 31.5 Å². The van der Waals surface area contributed by atoms with Crippen LogP contribution in [-0.2, 0) is 9.59 Å². The molecule has 3 amide bonds. The van der Waals surface area contributed by atoms with Crippen LogP contribution in [0.25, 0.3) is 0 Å². The molecular weight excluding hydrogens is 310 g/mol. The lowest BCUT2D eigenvalue weighted by atomic mass is 10.1. The van der Waals surface area contributed by atoms with Gasteiger partial charge in [-0.25, -0.2) is 4.79 Å². The quantitative estimate of drug-likeness (QED) is 0.822. The third-order valence-corrected chi connectivity index (χ3v) is 4.69. The first-order valence-electron chi connectivity index (χ1n) is 8.08. The van der Waals surface area contributed by atoms with Gasteiger partial charge in [0, 0.05) is 31.9 Å². The number of carbonyl (C=O) groups is 3. The van der Waals surface area contributed by atoms with Crippen LogP contribution in [0.5, 0.6) is 0 Å². The molecule has 1 aromatic carbocycles. The van der Waals surface area contributed by atoms with E-state index in [0.717, 1.165) is 11.3 Å². The van der Waals surface area contributed by atoms with Crippen LogP contribution < -0.4 is 5.32 Å². The lowest BCUT2D eigenvalue weighted by Gasteiger charge is -2.35. The molecule has 7 nitrogen and oxygen atoms in total. The summed E-state index contributed by atoms with van der Waals surface area (Å²) in [5.74, 6) is -1.35.